The Morgan fingerprint density at radius 1 is 1.58 bits per heavy atom. The molecule has 3 nitrogen and oxygen atoms in total. The molecule has 3 unspecified atom stereocenters. The summed E-state index contributed by atoms with van der Waals surface area (Å²) in [5.41, 5.74) is 0. The Bertz CT molecular complexity index is 174. The minimum Gasteiger partial charge on any atom is -0.294 e. The molecule has 1 aliphatic rings. The lowest BCUT2D eigenvalue weighted by Crippen LogP contribution is -2.26. The normalized spacial score (nSPS) is 32.7. The fraction of sp³-hybridized carbons (Fsp3) is 1.00. The summed E-state index contributed by atoms with van der Waals surface area (Å²) >= 11 is -1.78. The van der Waals surface area contributed by atoms with E-state index in [4.69, 9.17) is 4.55 Å². The van der Waals surface area contributed by atoms with E-state index in [-0.39, 0.29) is 0 Å². The van der Waals surface area contributed by atoms with Crippen molar-refractivity contribution in [2.45, 2.75) is 26.2 Å². The molecule has 1 rings (SSSR count). The Morgan fingerprint density at radius 3 is 2.67 bits per heavy atom. The molecule has 0 aliphatic heterocycles. The minimum atomic E-state index is -1.78. The first-order valence-corrected chi connectivity index (χ1v) is 5.48. The van der Waals surface area contributed by atoms with Crippen molar-refractivity contribution >= 4 is 11.3 Å². The zero-order chi connectivity index (χ0) is 9.14. The largest absolute Gasteiger partial charge is 0.294 e. The molecule has 0 saturated heterocycles. The van der Waals surface area contributed by atoms with E-state index in [9.17, 15) is 4.21 Å². The molecule has 1 fully saturated rings. The van der Waals surface area contributed by atoms with E-state index in [1.165, 1.54) is 23.6 Å². The van der Waals surface area contributed by atoms with Gasteiger partial charge >= 0.3 is 0 Å². The first kappa shape index (κ1) is 10.2. The van der Waals surface area contributed by atoms with Crippen LogP contribution >= 0.6 is 0 Å². The van der Waals surface area contributed by atoms with Crippen molar-refractivity contribution in [2.75, 3.05) is 13.6 Å². The summed E-state index contributed by atoms with van der Waals surface area (Å²) in [6.45, 7) is 3.00. The molecule has 0 aromatic rings. The number of hydrogen-bond acceptors (Lipinski definition) is 1. The highest BCUT2D eigenvalue weighted by atomic mass is 32.2. The molecule has 0 bridgehead atoms. The molecule has 72 valence electrons. The maximum atomic E-state index is 10.6. The van der Waals surface area contributed by atoms with Gasteiger partial charge in [-0.05, 0) is 24.7 Å². The van der Waals surface area contributed by atoms with E-state index in [1.54, 1.807) is 7.05 Å². The summed E-state index contributed by atoms with van der Waals surface area (Å²) in [4.78, 5) is 0. The van der Waals surface area contributed by atoms with Gasteiger partial charge < -0.3 is 0 Å². The summed E-state index contributed by atoms with van der Waals surface area (Å²) in [5, 5.41) is 0. The van der Waals surface area contributed by atoms with Crippen LogP contribution in [0.25, 0.3) is 0 Å². The summed E-state index contributed by atoms with van der Waals surface area (Å²) in [6.07, 6.45) is 3.70. The summed E-state index contributed by atoms with van der Waals surface area (Å²) in [6, 6.07) is 0. The van der Waals surface area contributed by atoms with Gasteiger partial charge in [-0.3, -0.25) is 4.55 Å². The molecule has 1 N–H and O–H groups in total. The highest BCUT2D eigenvalue weighted by Gasteiger charge is 2.23. The van der Waals surface area contributed by atoms with Gasteiger partial charge in [-0.1, -0.05) is 13.3 Å². The lowest BCUT2D eigenvalue weighted by Gasteiger charge is -2.16. The van der Waals surface area contributed by atoms with Gasteiger partial charge in [0.15, 0.2) is 0 Å². The Hall–Kier alpha value is 0.0700. The molecule has 0 amide bonds. The van der Waals surface area contributed by atoms with E-state index in [1.807, 2.05) is 0 Å². The van der Waals surface area contributed by atoms with Gasteiger partial charge in [0.25, 0.3) is 0 Å². The Labute approximate surface area is 76.6 Å². The summed E-state index contributed by atoms with van der Waals surface area (Å²) in [5.74, 6) is 1.43. The van der Waals surface area contributed by atoms with Crippen LogP contribution in [-0.4, -0.2) is 26.7 Å². The van der Waals surface area contributed by atoms with Crippen LogP contribution in [0, 0.1) is 11.8 Å². The van der Waals surface area contributed by atoms with Crippen LogP contribution in [-0.2, 0) is 11.3 Å². The quantitative estimate of drug-likeness (QED) is 0.687. The van der Waals surface area contributed by atoms with Gasteiger partial charge in [0.05, 0.1) is 0 Å². The average molecular weight is 191 g/mol. The first-order valence-electron chi connectivity index (χ1n) is 4.41. The molecule has 12 heavy (non-hydrogen) atoms. The standard InChI is InChI=1S/C8H17NO2S/c1-7-3-4-8(5-7)6-9(2)12(10)11/h7-8H,3-6H2,1-2H3,(H,10,11). The van der Waals surface area contributed by atoms with Crippen LogP contribution in [0.3, 0.4) is 0 Å². The van der Waals surface area contributed by atoms with Crippen molar-refractivity contribution in [1.82, 2.24) is 4.31 Å². The van der Waals surface area contributed by atoms with Crippen LogP contribution in [0.15, 0.2) is 0 Å². The van der Waals surface area contributed by atoms with Crippen molar-refractivity contribution in [3.05, 3.63) is 0 Å². The maximum absolute atomic E-state index is 10.6. The lowest BCUT2D eigenvalue weighted by molar-refractivity contribution is 0.371. The second-order valence-electron chi connectivity index (χ2n) is 3.83. The monoisotopic (exact) mass is 191 g/mol. The van der Waals surface area contributed by atoms with Gasteiger partial charge in [-0.2, -0.15) is 0 Å². The van der Waals surface area contributed by atoms with Gasteiger partial charge in [-0.15, -0.1) is 0 Å². The zero-order valence-corrected chi connectivity index (χ0v) is 8.51. The van der Waals surface area contributed by atoms with Crippen molar-refractivity contribution in [2.24, 2.45) is 11.8 Å². The van der Waals surface area contributed by atoms with Crippen LogP contribution in [0.1, 0.15) is 26.2 Å². The molecule has 0 aromatic carbocycles. The van der Waals surface area contributed by atoms with Crippen LogP contribution < -0.4 is 0 Å². The molecule has 1 saturated carbocycles. The third kappa shape index (κ3) is 2.84. The lowest BCUT2D eigenvalue weighted by atomic mass is 10.1. The van der Waals surface area contributed by atoms with Crippen LogP contribution in [0.2, 0.25) is 0 Å². The van der Waals surface area contributed by atoms with E-state index in [0.717, 1.165) is 12.5 Å². The zero-order valence-electron chi connectivity index (χ0n) is 7.69. The molecule has 0 aromatic heterocycles. The first-order chi connectivity index (χ1) is 5.59. The minimum absolute atomic E-state index is 0.626. The second kappa shape index (κ2) is 4.35. The highest BCUT2D eigenvalue weighted by Crippen LogP contribution is 2.30. The molecule has 3 atom stereocenters. The molecule has 0 spiro atoms. The van der Waals surface area contributed by atoms with Crippen molar-refractivity contribution in [3.8, 4) is 0 Å². The number of nitrogens with zero attached hydrogens (tertiary/aromatic N) is 1. The van der Waals surface area contributed by atoms with E-state index in [2.05, 4.69) is 6.92 Å². The predicted molar refractivity (Wildman–Crippen MR) is 49.9 cm³/mol. The maximum Gasteiger partial charge on any atom is 0.234 e. The molecular weight excluding hydrogens is 174 g/mol. The Kier molecular flexibility index (Phi) is 3.68. The SMILES string of the molecule is CC1CCC(CN(C)S(=O)O)C1. The number of hydrogen-bond donors (Lipinski definition) is 1. The fourth-order valence-electron chi connectivity index (χ4n) is 1.92. The van der Waals surface area contributed by atoms with Gasteiger partial charge in [0, 0.05) is 13.6 Å². The molecule has 0 radical (unpaired) electrons. The average Bonchev–Trinajstić information content (AvgIpc) is 2.35. The second-order valence-corrected chi connectivity index (χ2v) is 4.91. The summed E-state index contributed by atoms with van der Waals surface area (Å²) in [7, 11) is 1.69. The van der Waals surface area contributed by atoms with Crippen molar-refractivity contribution in [1.29, 1.82) is 0 Å². The topological polar surface area (TPSA) is 40.5 Å². The van der Waals surface area contributed by atoms with Gasteiger partial charge in [0.2, 0.25) is 11.3 Å². The third-order valence-corrected chi connectivity index (χ3v) is 3.27. The van der Waals surface area contributed by atoms with E-state index < -0.39 is 11.3 Å². The van der Waals surface area contributed by atoms with Gasteiger partial charge in [-0.25, -0.2) is 8.51 Å². The van der Waals surface area contributed by atoms with E-state index in [0.29, 0.717) is 5.92 Å². The third-order valence-electron chi connectivity index (χ3n) is 2.59. The Balaban J connectivity index is 2.27. The number of rotatable bonds is 3. The highest BCUT2D eigenvalue weighted by molar-refractivity contribution is 7.76. The predicted octanol–water partition coefficient (Wildman–Crippen LogP) is 1.49. The Morgan fingerprint density at radius 2 is 2.25 bits per heavy atom. The fourth-order valence-corrected chi connectivity index (χ4v) is 2.26. The molecule has 1 aliphatic carbocycles. The van der Waals surface area contributed by atoms with E-state index >= 15 is 0 Å². The van der Waals surface area contributed by atoms with Gasteiger partial charge in [0.1, 0.15) is 0 Å². The molecule has 4 heteroatoms. The van der Waals surface area contributed by atoms with Crippen LogP contribution in [0.4, 0.5) is 0 Å². The van der Waals surface area contributed by atoms with Crippen molar-refractivity contribution < 1.29 is 8.76 Å². The molecule has 0 heterocycles. The summed E-state index contributed by atoms with van der Waals surface area (Å²) < 4.78 is 20.9. The molecular formula is C8H17NO2S. The van der Waals surface area contributed by atoms with Crippen molar-refractivity contribution in [3.63, 3.8) is 0 Å². The smallest absolute Gasteiger partial charge is 0.234 e. The van der Waals surface area contributed by atoms with Crippen LogP contribution in [0.5, 0.6) is 0 Å².